The summed E-state index contributed by atoms with van der Waals surface area (Å²) in [5.74, 6) is 1.81. The first-order valence-electron chi connectivity index (χ1n) is 6.04. The van der Waals surface area contributed by atoms with Gasteiger partial charge in [-0.3, -0.25) is 9.78 Å². The van der Waals surface area contributed by atoms with Crippen LogP contribution in [0.3, 0.4) is 0 Å². The van der Waals surface area contributed by atoms with Crippen molar-refractivity contribution in [2.45, 2.75) is 12.2 Å². The summed E-state index contributed by atoms with van der Waals surface area (Å²) >= 11 is 1.66. The molecule has 1 amide bonds. The molecule has 0 spiro atoms. The Morgan fingerprint density at radius 3 is 3.05 bits per heavy atom. The SMILES string of the molecule is CSCc1ccc(C(=O)NCCc2cccnc2)o1. The van der Waals surface area contributed by atoms with Crippen molar-refractivity contribution < 1.29 is 9.21 Å². The molecule has 2 heterocycles. The highest BCUT2D eigenvalue weighted by Crippen LogP contribution is 2.13. The lowest BCUT2D eigenvalue weighted by molar-refractivity contribution is 0.0925. The van der Waals surface area contributed by atoms with Gasteiger partial charge in [0.05, 0.1) is 5.75 Å². The standard InChI is InChI=1S/C14H16N2O2S/c1-19-10-12-4-5-13(18-12)14(17)16-8-6-11-3-2-7-15-9-11/h2-5,7,9H,6,8,10H2,1H3,(H,16,17). The molecule has 5 heteroatoms. The smallest absolute Gasteiger partial charge is 0.287 e. The van der Waals surface area contributed by atoms with Crippen molar-refractivity contribution in [3.8, 4) is 0 Å². The third-order valence-electron chi connectivity index (χ3n) is 2.59. The van der Waals surface area contributed by atoms with E-state index in [-0.39, 0.29) is 5.91 Å². The molecule has 0 aromatic carbocycles. The molecule has 0 aliphatic carbocycles. The maximum Gasteiger partial charge on any atom is 0.287 e. The van der Waals surface area contributed by atoms with Crippen LogP contribution >= 0.6 is 11.8 Å². The van der Waals surface area contributed by atoms with Gasteiger partial charge in [-0.05, 0) is 36.4 Å². The predicted molar refractivity (Wildman–Crippen MR) is 76.2 cm³/mol. The highest BCUT2D eigenvalue weighted by Gasteiger charge is 2.10. The number of aromatic nitrogens is 1. The highest BCUT2D eigenvalue weighted by atomic mass is 32.2. The Kier molecular flexibility index (Phi) is 5.03. The van der Waals surface area contributed by atoms with Gasteiger partial charge in [0, 0.05) is 18.9 Å². The van der Waals surface area contributed by atoms with Gasteiger partial charge >= 0.3 is 0 Å². The van der Waals surface area contributed by atoms with Crippen LogP contribution in [0.25, 0.3) is 0 Å². The Balaban J connectivity index is 1.80. The fourth-order valence-corrected chi connectivity index (χ4v) is 2.11. The fraction of sp³-hybridized carbons (Fsp3) is 0.286. The number of rotatable bonds is 6. The molecule has 0 bridgehead atoms. The Labute approximate surface area is 116 Å². The van der Waals surface area contributed by atoms with Crippen LogP contribution in [0.15, 0.2) is 41.1 Å². The molecular formula is C14H16N2O2S. The maximum absolute atomic E-state index is 11.8. The molecule has 2 aromatic heterocycles. The molecule has 0 atom stereocenters. The van der Waals surface area contributed by atoms with Gasteiger partial charge in [-0.15, -0.1) is 0 Å². The molecular weight excluding hydrogens is 260 g/mol. The Hall–Kier alpha value is -1.75. The van der Waals surface area contributed by atoms with Crippen LogP contribution in [-0.4, -0.2) is 23.7 Å². The van der Waals surface area contributed by atoms with E-state index in [0.29, 0.717) is 12.3 Å². The summed E-state index contributed by atoms with van der Waals surface area (Å²) in [5, 5.41) is 2.84. The van der Waals surface area contributed by atoms with E-state index in [0.717, 1.165) is 23.5 Å². The summed E-state index contributed by atoms with van der Waals surface area (Å²) in [6.45, 7) is 0.573. The Morgan fingerprint density at radius 1 is 1.42 bits per heavy atom. The lowest BCUT2D eigenvalue weighted by Crippen LogP contribution is -2.25. The Morgan fingerprint density at radius 2 is 2.32 bits per heavy atom. The number of hydrogen-bond acceptors (Lipinski definition) is 4. The van der Waals surface area contributed by atoms with Crippen LogP contribution in [0, 0.1) is 0 Å². The first-order valence-corrected chi connectivity index (χ1v) is 7.43. The van der Waals surface area contributed by atoms with Crippen LogP contribution < -0.4 is 5.32 Å². The minimum atomic E-state index is -0.170. The molecule has 4 nitrogen and oxygen atoms in total. The van der Waals surface area contributed by atoms with Crippen molar-refractivity contribution in [3.05, 3.63) is 53.7 Å². The lowest BCUT2D eigenvalue weighted by Gasteiger charge is -2.03. The zero-order valence-electron chi connectivity index (χ0n) is 10.8. The molecule has 2 rings (SSSR count). The number of carbonyl (C=O) groups excluding carboxylic acids is 1. The average Bonchev–Trinajstić information content (AvgIpc) is 2.89. The molecule has 2 aromatic rings. The van der Waals surface area contributed by atoms with Crippen molar-refractivity contribution in [2.24, 2.45) is 0 Å². The van der Waals surface area contributed by atoms with Crippen LogP contribution in [0.1, 0.15) is 21.9 Å². The van der Waals surface area contributed by atoms with Crippen molar-refractivity contribution in [2.75, 3.05) is 12.8 Å². The molecule has 0 saturated carbocycles. The van der Waals surface area contributed by atoms with Crippen molar-refractivity contribution in [1.29, 1.82) is 0 Å². The minimum Gasteiger partial charge on any atom is -0.455 e. The molecule has 0 aliphatic heterocycles. The van der Waals surface area contributed by atoms with Gasteiger partial charge in [0.15, 0.2) is 5.76 Å². The largest absolute Gasteiger partial charge is 0.455 e. The zero-order valence-corrected chi connectivity index (χ0v) is 11.6. The number of hydrogen-bond donors (Lipinski definition) is 1. The van der Waals surface area contributed by atoms with Gasteiger partial charge in [0.25, 0.3) is 5.91 Å². The van der Waals surface area contributed by atoms with Crippen LogP contribution in [0.4, 0.5) is 0 Å². The number of nitrogens with zero attached hydrogens (tertiary/aromatic N) is 1. The van der Waals surface area contributed by atoms with Gasteiger partial charge in [0.1, 0.15) is 5.76 Å². The van der Waals surface area contributed by atoms with E-state index in [9.17, 15) is 4.79 Å². The first-order chi connectivity index (χ1) is 9.29. The molecule has 0 fully saturated rings. The van der Waals surface area contributed by atoms with Crippen LogP contribution in [0.5, 0.6) is 0 Å². The van der Waals surface area contributed by atoms with E-state index in [2.05, 4.69) is 10.3 Å². The van der Waals surface area contributed by atoms with E-state index in [4.69, 9.17) is 4.42 Å². The summed E-state index contributed by atoms with van der Waals surface area (Å²) in [6, 6.07) is 7.43. The summed E-state index contributed by atoms with van der Waals surface area (Å²) in [4.78, 5) is 15.9. The molecule has 0 aliphatic rings. The fourth-order valence-electron chi connectivity index (χ4n) is 1.67. The van der Waals surface area contributed by atoms with Gasteiger partial charge in [-0.2, -0.15) is 11.8 Å². The summed E-state index contributed by atoms with van der Waals surface area (Å²) in [5.41, 5.74) is 1.10. The monoisotopic (exact) mass is 276 g/mol. The summed E-state index contributed by atoms with van der Waals surface area (Å²) in [7, 11) is 0. The van der Waals surface area contributed by atoms with Gasteiger partial charge in [-0.25, -0.2) is 0 Å². The van der Waals surface area contributed by atoms with Gasteiger partial charge < -0.3 is 9.73 Å². The van der Waals surface area contributed by atoms with Crippen molar-refractivity contribution in [3.63, 3.8) is 0 Å². The second kappa shape index (κ2) is 6.99. The number of thioether (sulfide) groups is 1. The second-order valence-electron chi connectivity index (χ2n) is 4.07. The lowest BCUT2D eigenvalue weighted by atomic mass is 10.2. The topological polar surface area (TPSA) is 55.1 Å². The van der Waals surface area contributed by atoms with E-state index in [1.54, 1.807) is 30.2 Å². The third kappa shape index (κ3) is 4.13. The van der Waals surface area contributed by atoms with E-state index in [1.165, 1.54) is 0 Å². The van der Waals surface area contributed by atoms with E-state index in [1.807, 2.05) is 24.5 Å². The number of amides is 1. The maximum atomic E-state index is 11.8. The van der Waals surface area contributed by atoms with Gasteiger partial charge in [-0.1, -0.05) is 6.07 Å². The zero-order chi connectivity index (χ0) is 13.5. The predicted octanol–water partition coefficient (Wildman–Crippen LogP) is 2.51. The summed E-state index contributed by atoms with van der Waals surface area (Å²) < 4.78 is 5.44. The van der Waals surface area contributed by atoms with Gasteiger partial charge in [0.2, 0.25) is 0 Å². The molecule has 19 heavy (non-hydrogen) atoms. The number of pyridine rings is 1. The number of nitrogens with one attached hydrogen (secondary N) is 1. The van der Waals surface area contributed by atoms with Crippen LogP contribution in [0.2, 0.25) is 0 Å². The number of furan rings is 1. The van der Waals surface area contributed by atoms with Crippen LogP contribution in [-0.2, 0) is 12.2 Å². The van der Waals surface area contributed by atoms with Crippen molar-refractivity contribution >= 4 is 17.7 Å². The normalized spacial score (nSPS) is 10.4. The molecule has 1 N–H and O–H groups in total. The average molecular weight is 276 g/mol. The third-order valence-corrected chi connectivity index (χ3v) is 3.17. The molecule has 0 unspecified atom stereocenters. The van der Waals surface area contributed by atoms with E-state index >= 15 is 0 Å². The molecule has 100 valence electrons. The van der Waals surface area contributed by atoms with Crippen molar-refractivity contribution in [1.82, 2.24) is 10.3 Å². The molecule has 0 saturated heterocycles. The molecule has 0 radical (unpaired) electrons. The quantitative estimate of drug-likeness (QED) is 0.880. The highest BCUT2D eigenvalue weighted by molar-refractivity contribution is 7.97. The number of carbonyl (C=O) groups is 1. The first kappa shape index (κ1) is 13.7. The minimum absolute atomic E-state index is 0.170. The second-order valence-corrected chi connectivity index (χ2v) is 4.93. The Bertz CT molecular complexity index is 525. The summed E-state index contributed by atoms with van der Waals surface area (Å²) in [6.07, 6.45) is 6.29. The van der Waals surface area contributed by atoms with E-state index < -0.39 is 0 Å².